The summed E-state index contributed by atoms with van der Waals surface area (Å²) in [6.45, 7) is 3.46. The van der Waals surface area contributed by atoms with Crippen LogP contribution in [0, 0.1) is 5.92 Å². The van der Waals surface area contributed by atoms with E-state index in [1.807, 2.05) is 0 Å². The van der Waals surface area contributed by atoms with Gasteiger partial charge in [0.2, 0.25) is 0 Å². The highest BCUT2D eigenvalue weighted by molar-refractivity contribution is 4.56. The van der Waals surface area contributed by atoms with Gasteiger partial charge in [-0.25, -0.2) is 0 Å². The molecular formula is C11H24O2. The monoisotopic (exact) mass is 188 g/mol. The van der Waals surface area contributed by atoms with Crippen molar-refractivity contribution in [2.75, 3.05) is 20.3 Å². The van der Waals surface area contributed by atoms with Gasteiger partial charge in [0.15, 0.2) is 0 Å². The third-order valence-corrected chi connectivity index (χ3v) is 2.50. The Morgan fingerprint density at radius 1 is 1.15 bits per heavy atom. The van der Waals surface area contributed by atoms with Crippen molar-refractivity contribution in [2.24, 2.45) is 5.92 Å². The van der Waals surface area contributed by atoms with Crippen LogP contribution >= 0.6 is 0 Å². The fourth-order valence-corrected chi connectivity index (χ4v) is 1.54. The quantitative estimate of drug-likeness (QED) is 0.564. The first-order valence-electron chi connectivity index (χ1n) is 5.45. The fraction of sp³-hybridized carbons (Fsp3) is 1.00. The lowest BCUT2D eigenvalue weighted by Gasteiger charge is -2.12. The summed E-state index contributed by atoms with van der Waals surface area (Å²) in [4.78, 5) is 0. The van der Waals surface area contributed by atoms with Crippen molar-refractivity contribution in [2.45, 2.75) is 45.4 Å². The van der Waals surface area contributed by atoms with Gasteiger partial charge in [-0.15, -0.1) is 0 Å². The molecule has 0 radical (unpaired) electrons. The molecule has 0 rings (SSSR count). The lowest BCUT2D eigenvalue weighted by atomic mass is 9.99. The minimum atomic E-state index is 0.343. The van der Waals surface area contributed by atoms with E-state index in [1.54, 1.807) is 7.11 Å². The highest BCUT2D eigenvalue weighted by Crippen LogP contribution is 2.14. The van der Waals surface area contributed by atoms with Gasteiger partial charge in [0.05, 0.1) is 0 Å². The average molecular weight is 188 g/mol. The van der Waals surface area contributed by atoms with E-state index >= 15 is 0 Å². The molecule has 0 aromatic heterocycles. The second kappa shape index (κ2) is 10.0. The molecule has 0 bridgehead atoms. The van der Waals surface area contributed by atoms with Crippen LogP contribution < -0.4 is 0 Å². The van der Waals surface area contributed by atoms with Crippen LogP contribution in [0.3, 0.4) is 0 Å². The van der Waals surface area contributed by atoms with Gasteiger partial charge in [0, 0.05) is 20.3 Å². The molecular weight excluding hydrogens is 164 g/mol. The maximum absolute atomic E-state index is 8.59. The lowest BCUT2D eigenvalue weighted by molar-refractivity contribution is 0.144. The van der Waals surface area contributed by atoms with Crippen molar-refractivity contribution in [3.05, 3.63) is 0 Å². The fourth-order valence-electron chi connectivity index (χ4n) is 1.54. The van der Waals surface area contributed by atoms with Crippen molar-refractivity contribution in [3.63, 3.8) is 0 Å². The van der Waals surface area contributed by atoms with Gasteiger partial charge in [-0.3, -0.25) is 0 Å². The van der Waals surface area contributed by atoms with Crippen LogP contribution in [0.2, 0.25) is 0 Å². The van der Waals surface area contributed by atoms with E-state index in [9.17, 15) is 0 Å². The van der Waals surface area contributed by atoms with Gasteiger partial charge in [-0.2, -0.15) is 0 Å². The van der Waals surface area contributed by atoms with Crippen LogP contribution in [0.5, 0.6) is 0 Å². The number of aliphatic hydroxyl groups excluding tert-OH is 1. The van der Waals surface area contributed by atoms with Gasteiger partial charge in [-0.05, 0) is 18.8 Å². The largest absolute Gasteiger partial charge is 0.396 e. The molecule has 2 nitrogen and oxygen atoms in total. The van der Waals surface area contributed by atoms with Crippen LogP contribution in [0.15, 0.2) is 0 Å². The summed E-state index contributed by atoms with van der Waals surface area (Å²) in [7, 11) is 1.77. The Morgan fingerprint density at radius 3 is 2.38 bits per heavy atom. The predicted molar refractivity (Wildman–Crippen MR) is 55.8 cm³/mol. The van der Waals surface area contributed by atoms with E-state index in [0.717, 1.165) is 18.9 Å². The number of aliphatic hydroxyl groups is 1. The first-order valence-corrected chi connectivity index (χ1v) is 5.45. The van der Waals surface area contributed by atoms with Crippen LogP contribution in [-0.4, -0.2) is 25.4 Å². The van der Waals surface area contributed by atoms with Gasteiger partial charge in [0.1, 0.15) is 0 Å². The van der Waals surface area contributed by atoms with Crippen LogP contribution in [0.4, 0.5) is 0 Å². The molecule has 2 heteroatoms. The van der Waals surface area contributed by atoms with Crippen LogP contribution in [0.25, 0.3) is 0 Å². The smallest absolute Gasteiger partial charge is 0.0490 e. The molecule has 80 valence electrons. The van der Waals surface area contributed by atoms with Crippen molar-refractivity contribution in [1.82, 2.24) is 0 Å². The van der Waals surface area contributed by atoms with Gasteiger partial charge < -0.3 is 9.84 Å². The standard InChI is InChI=1S/C11H24O2/c1-3-11(10-13-2)8-6-4-5-7-9-12/h11-12H,3-10H2,1-2H3/t11-/m1/s1. The predicted octanol–water partition coefficient (Wildman–Crippen LogP) is 2.60. The highest BCUT2D eigenvalue weighted by atomic mass is 16.5. The Bertz CT molecular complexity index is 94.1. The maximum Gasteiger partial charge on any atom is 0.0490 e. The van der Waals surface area contributed by atoms with E-state index < -0.39 is 0 Å². The molecule has 0 fully saturated rings. The van der Waals surface area contributed by atoms with Crippen molar-refractivity contribution >= 4 is 0 Å². The molecule has 13 heavy (non-hydrogen) atoms. The molecule has 0 saturated carbocycles. The zero-order valence-corrected chi connectivity index (χ0v) is 9.09. The summed E-state index contributed by atoms with van der Waals surface area (Å²) in [6.07, 6.45) is 7.15. The number of hydrogen-bond donors (Lipinski definition) is 1. The first-order chi connectivity index (χ1) is 6.35. The number of ether oxygens (including phenoxy) is 1. The number of rotatable bonds is 9. The first kappa shape index (κ1) is 12.9. The number of unbranched alkanes of at least 4 members (excludes halogenated alkanes) is 3. The SMILES string of the molecule is CC[C@H](CCCCCCO)COC. The Morgan fingerprint density at radius 2 is 1.85 bits per heavy atom. The van der Waals surface area contributed by atoms with Gasteiger partial charge in [-0.1, -0.05) is 32.6 Å². The molecule has 0 aliphatic rings. The molecule has 1 N–H and O–H groups in total. The Hall–Kier alpha value is -0.0800. The summed E-state index contributed by atoms with van der Waals surface area (Å²) in [5.74, 6) is 0.735. The minimum absolute atomic E-state index is 0.343. The highest BCUT2D eigenvalue weighted by Gasteiger charge is 2.04. The second-order valence-corrected chi connectivity index (χ2v) is 3.66. The minimum Gasteiger partial charge on any atom is -0.396 e. The molecule has 0 unspecified atom stereocenters. The van der Waals surface area contributed by atoms with Crippen LogP contribution in [-0.2, 0) is 4.74 Å². The summed E-state index contributed by atoms with van der Waals surface area (Å²) >= 11 is 0. The maximum atomic E-state index is 8.59. The lowest BCUT2D eigenvalue weighted by Crippen LogP contribution is -2.06. The summed E-state index contributed by atoms with van der Waals surface area (Å²) in [5.41, 5.74) is 0. The molecule has 0 aliphatic carbocycles. The zero-order valence-electron chi connectivity index (χ0n) is 9.09. The molecule has 0 spiro atoms. The summed E-state index contributed by atoms with van der Waals surface area (Å²) in [5, 5.41) is 8.59. The molecule has 0 saturated heterocycles. The molecule has 0 heterocycles. The Kier molecular flexibility index (Phi) is 9.94. The van der Waals surface area contributed by atoms with Gasteiger partial charge in [0.25, 0.3) is 0 Å². The van der Waals surface area contributed by atoms with E-state index in [0.29, 0.717) is 6.61 Å². The Labute approximate surface area is 82.3 Å². The summed E-state index contributed by atoms with van der Waals surface area (Å²) in [6, 6.07) is 0. The van der Waals surface area contributed by atoms with Gasteiger partial charge >= 0.3 is 0 Å². The molecule has 0 aliphatic heterocycles. The topological polar surface area (TPSA) is 29.5 Å². The number of methoxy groups -OCH3 is 1. The average Bonchev–Trinajstić information content (AvgIpc) is 2.16. The van der Waals surface area contributed by atoms with Crippen molar-refractivity contribution < 1.29 is 9.84 Å². The van der Waals surface area contributed by atoms with Crippen LogP contribution in [0.1, 0.15) is 45.4 Å². The van der Waals surface area contributed by atoms with E-state index in [2.05, 4.69) is 6.92 Å². The summed E-state index contributed by atoms with van der Waals surface area (Å²) < 4.78 is 5.13. The zero-order chi connectivity index (χ0) is 9.94. The van der Waals surface area contributed by atoms with E-state index in [4.69, 9.17) is 9.84 Å². The molecule has 0 aromatic carbocycles. The van der Waals surface area contributed by atoms with Crippen molar-refractivity contribution in [1.29, 1.82) is 0 Å². The third kappa shape index (κ3) is 8.26. The molecule has 0 aromatic rings. The van der Waals surface area contributed by atoms with E-state index in [1.165, 1.54) is 32.1 Å². The Balaban J connectivity index is 3.17. The third-order valence-electron chi connectivity index (χ3n) is 2.50. The second-order valence-electron chi connectivity index (χ2n) is 3.66. The molecule has 1 atom stereocenters. The van der Waals surface area contributed by atoms with E-state index in [-0.39, 0.29) is 0 Å². The normalized spacial score (nSPS) is 13.2. The van der Waals surface area contributed by atoms with Crippen molar-refractivity contribution in [3.8, 4) is 0 Å². The molecule has 0 amide bonds. The number of hydrogen-bond acceptors (Lipinski definition) is 2.